The second kappa shape index (κ2) is 4.28. The molecule has 0 spiro atoms. The van der Waals surface area contributed by atoms with Gasteiger partial charge in [0.25, 0.3) is 0 Å². The van der Waals surface area contributed by atoms with Gasteiger partial charge in [-0.05, 0) is 17.9 Å². The van der Waals surface area contributed by atoms with E-state index in [1.165, 1.54) is 5.56 Å². The summed E-state index contributed by atoms with van der Waals surface area (Å²) < 4.78 is 0. The first-order valence-corrected chi connectivity index (χ1v) is 5.93. The fraction of sp³-hybridized carbons (Fsp3) is 0.500. The van der Waals surface area contributed by atoms with Gasteiger partial charge in [-0.1, -0.05) is 44.2 Å². The van der Waals surface area contributed by atoms with Gasteiger partial charge in [0.05, 0.1) is 12.0 Å². The SMILES string of the molecule is CC(C)CC1C(=O)N(C)C1c1ccccc1. The van der Waals surface area contributed by atoms with Gasteiger partial charge in [-0.2, -0.15) is 0 Å². The van der Waals surface area contributed by atoms with Gasteiger partial charge in [0.1, 0.15) is 0 Å². The van der Waals surface area contributed by atoms with Crippen LogP contribution in [-0.2, 0) is 4.79 Å². The number of likely N-dealkylation sites (tertiary alicyclic amines) is 1. The Morgan fingerprint density at radius 3 is 2.44 bits per heavy atom. The van der Waals surface area contributed by atoms with Crippen LogP contribution in [0.25, 0.3) is 0 Å². The van der Waals surface area contributed by atoms with Crippen LogP contribution in [0.1, 0.15) is 31.9 Å². The zero-order valence-electron chi connectivity index (χ0n) is 10.2. The molecule has 0 radical (unpaired) electrons. The molecule has 0 aliphatic carbocycles. The van der Waals surface area contributed by atoms with Crippen molar-refractivity contribution in [2.75, 3.05) is 7.05 Å². The molecule has 1 fully saturated rings. The van der Waals surface area contributed by atoms with E-state index in [9.17, 15) is 4.79 Å². The normalized spacial score (nSPS) is 24.8. The topological polar surface area (TPSA) is 20.3 Å². The van der Waals surface area contributed by atoms with Crippen LogP contribution in [0.15, 0.2) is 30.3 Å². The molecule has 16 heavy (non-hydrogen) atoms. The zero-order chi connectivity index (χ0) is 11.7. The smallest absolute Gasteiger partial charge is 0.228 e. The van der Waals surface area contributed by atoms with Crippen molar-refractivity contribution in [2.24, 2.45) is 11.8 Å². The standard InChI is InChI=1S/C14H19NO/c1-10(2)9-12-13(15(3)14(12)16)11-7-5-4-6-8-11/h4-8,10,12-13H,9H2,1-3H3. The number of β-lactam (4-membered cyclic amide) rings is 1. The molecule has 0 bridgehead atoms. The van der Waals surface area contributed by atoms with Crippen LogP contribution in [0, 0.1) is 11.8 Å². The van der Waals surface area contributed by atoms with Gasteiger partial charge in [-0.25, -0.2) is 0 Å². The van der Waals surface area contributed by atoms with Crippen LogP contribution in [-0.4, -0.2) is 17.9 Å². The zero-order valence-corrected chi connectivity index (χ0v) is 10.2. The second-order valence-corrected chi connectivity index (χ2v) is 5.04. The van der Waals surface area contributed by atoms with Crippen LogP contribution in [0.2, 0.25) is 0 Å². The van der Waals surface area contributed by atoms with Crippen molar-refractivity contribution < 1.29 is 4.79 Å². The van der Waals surface area contributed by atoms with Crippen molar-refractivity contribution in [1.29, 1.82) is 0 Å². The highest BCUT2D eigenvalue weighted by Crippen LogP contribution is 2.41. The first-order valence-electron chi connectivity index (χ1n) is 5.93. The lowest BCUT2D eigenvalue weighted by molar-refractivity contribution is -0.155. The Bertz CT molecular complexity index is 372. The molecule has 2 rings (SSSR count). The van der Waals surface area contributed by atoms with E-state index < -0.39 is 0 Å². The Balaban J connectivity index is 2.17. The van der Waals surface area contributed by atoms with Gasteiger partial charge >= 0.3 is 0 Å². The molecule has 1 aromatic rings. The fourth-order valence-corrected chi connectivity index (χ4v) is 2.57. The molecule has 1 saturated heterocycles. The average Bonchev–Trinajstić information content (AvgIpc) is 2.29. The van der Waals surface area contributed by atoms with Crippen molar-refractivity contribution in [3.05, 3.63) is 35.9 Å². The van der Waals surface area contributed by atoms with Crippen molar-refractivity contribution in [3.8, 4) is 0 Å². The molecule has 1 aliphatic heterocycles. The molecule has 1 heterocycles. The predicted octanol–water partition coefficient (Wildman–Crippen LogP) is 2.86. The van der Waals surface area contributed by atoms with E-state index in [0.717, 1.165) is 6.42 Å². The molecule has 0 aromatic heterocycles. The number of hydrogen-bond acceptors (Lipinski definition) is 1. The molecule has 2 atom stereocenters. The third-order valence-electron chi connectivity index (χ3n) is 3.33. The first-order chi connectivity index (χ1) is 7.61. The van der Waals surface area contributed by atoms with Gasteiger partial charge in [0.15, 0.2) is 0 Å². The summed E-state index contributed by atoms with van der Waals surface area (Å²) in [6.07, 6.45) is 0.989. The maximum Gasteiger partial charge on any atom is 0.228 e. The van der Waals surface area contributed by atoms with Crippen molar-refractivity contribution in [2.45, 2.75) is 26.3 Å². The van der Waals surface area contributed by atoms with Crippen LogP contribution >= 0.6 is 0 Å². The first kappa shape index (κ1) is 11.2. The maximum absolute atomic E-state index is 11.8. The number of nitrogens with zero attached hydrogens (tertiary/aromatic N) is 1. The third-order valence-corrected chi connectivity index (χ3v) is 3.33. The molecule has 0 saturated carbocycles. The molecule has 1 aliphatic rings. The van der Waals surface area contributed by atoms with Crippen molar-refractivity contribution in [1.82, 2.24) is 4.90 Å². The number of carbonyl (C=O) groups is 1. The minimum atomic E-state index is 0.187. The lowest BCUT2D eigenvalue weighted by Crippen LogP contribution is -2.52. The van der Waals surface area contributed by atoms with Crippen LogP contribution in [0.3, 0.4) is 0 Å². The molecule has 1 aromatic carbocycles. The van der Waals surface area contributed by atoms with E-state index in [4.69, 9.17) is 0 Å². The van der Waals surface area contributed by atoms with Gasteiger partial charge in [0, 0.05) is 7.05 Å². The van der Waals surface area contributed by atoms with E-state index in [1.54, 1.807) is 0 Å². The van der Waals surface area contributed by atoms with Crippen LogP contribution in [0.4, 0.5) is 0 Å². The number of hydrogen-bond donors (Lipinski definition) is 0. The van der Waals surface area contributed by atoms with Gasteiger partial charge < -0.3 is 4.90 Å². The maximum atomic E-state index is 11.8. The van der Waals surface area contributed by atoms with Crippen molar-refractivity contribution in [3.63, 3.8) is 0 Å². The van der Waals surface area contributed by atoms with E-state index in [-0.39, 0.29) is 12.0 Å². The average molecular weight is 217 g/mol. The minimum absolute atomic E-state index is 0.187. The van der Waals surface area contributed by atoms with E-state index in [0.29, 0.717) is 11.8 Å². The molecule has 86 valence electrons. The highest BCUT2D eigenvalue weighted by Gasteiger charge is 2.45. The lowest BCUT2D eigenvalue weighted by atomic mass is 9.78. The van der Waals surface area contributed by atoms with Crippen LogP contribution in [0.5, 0.6) is 0 Å². The van der Waals surface area contributed by atoms with Crippen LogP contribution < -0.4 is 0 Å². The Hall–Kier alpha value is -1.31. The summed E-state index contributed by atoms with van der Waals surface area (Å²) in [6, 6.07) is 10.6. The summed E-state index contributed by atoms with van der Waals surface area (Å²) in [7, 11) is 1.90. The second-order valence-electron chi connectivity index (χ2n) is 5.04. The summed E-state index contributed by atoms with van der Waals surface area (Å²) in [5, 5.41) is 0. The Kier molecular flexibility index (Phi) is 2.99. The number of amides is 1. The van der Waals surface area contributed by atoms with Gasteiger partial charge in [-0.3, -0.25) is 4.79 Å². The van der Waals surface area contributed by atoms with Gasteiger partial charge in [-0.15, -0.1) is 0 Å². The summed E-state index contributed by atoms with van der Waals surface area (Å²) in [6.45, 7) is 4.35. The molecular weight excluding hydrogens is 198 g/mol. The Morgan fingerprint density at radius 1 is 1.25 bits per heavy atom. The van der Waals surface area contributed by atoms with Gasteiger partial charge in [0.2, 0.25) is 5.91 Å². The minimum Gasteiger partial charge on any atom is -0.338 e. The number of carbonyl (C=O) groups excluding carboxylic acids is 1. The number of rotatable bonds is 3. The van der Waals surface area contributed by atoms with E-state index in [2.05, 4.69) is 26.0 Å². The van der Waals surface area contributed by atoms with Crippen molar-refractivity contribution >= 4 is 5.91 Å². The molecular formula is C14H19NO. The molecule has 0 N–H and O–H groups in total. The summed E-state index contributed by atoms with van der Waals surface area (Å²) in [4.78, 5) is 13.7. The molecule has 2 unspecified atom stereocenters. The largest absolute Gasteiger partial charge is 0.338 e. The van der Waals surface area contributed by atoms with E-state index in [1.807, 2.05) is 30.1 Å². The molecule has 1 amide bonds. The summed E-state index contributed by atoms with van der Waals surface area (Å²) in [5.74, 6) is 1.06. The Morgan fingerprint density at radius 2 is 1.88 bits per heavy atom. The summed E-state index contributed by atoms with van der Waals surface area (Å²) >= 11 is 0. The molecule has 2 heteroatoms. The number of benzene rings is 1. The quantitative estimate of drug-likeness (QED) is 0.713. The third kappa shape index (κ3) is 1.84. The fourth-order valence-electron chi connectivity index (χ4n) is 2.57. The monoisotopic (exact) mass is 217 g/mol. The molecule has 2 nitrogen and oxygen atoms in total. The highest BCUT2D eigenvalue weighted by molar-refractivity contribution is 5.86. The highest BCUT2D eigenvalue weighted by atomic mass is 16.2. The predicted molar refractivity (Wildman–Crippen MR) is 64.9 cm³/mol. The lowest BCUT2D eigenvalue weighted by Gasteiger charge is -2.46. The van der Waals surface area contributed by atoms with E-state index >= 15 is 0 Å². The summed E-state index contributed by atoms with van der Waals surface area (Å²) in [5.41, 5.74) is 1.26. The Labute approximate surface area is 97.3 Å².